The number of nitrogens with two attached hydrogens (primary N) is 1. The molecule has 3 N–H and O–H groups in total. The van der Waals surface area contributed by atoms with Crippen molar-refractivity contribution in [3.8, 4) is 5.75 Å². The maximum absolute atomic E-state index is 12.5. The van der Waals surface area contributed by atoms with Crippen LogP contribution in [0.2, 0.25) is 0 Å². The van der Waals surface area contributed by atoms with Gasteiger partial charge in [0.25, 0.3) is 0 Å². The monoisotopic (exact) mass is 348 g/mol. The number of aryl methyl sites for hydroxylation is 1. The molecular weight excluding hydrogens is 320 g/mol. The Morgan fingerprint density at radius 3 is 2.75 bits per heavy atom. The van der Waals surface area contributed by atoms with Crippen molar-refractivity contribution >= 4 is 23.4 Å². The van der Waals surface area contributed by atoms with E-state index in [2.05, 4.69) is 5.32 Å². The minimum Gasteiger partial charge on any atom is -0.491 e. The topological polar surface area (TPSA) is 64.4 Å². The minimum atomic E-state index is 0.120. The van der Waals surface area contributed by atoms with Crippen LogP contribution >= 0.6 is 11.8 Å². The zero-order chi connectivity index (χ0) is 17.3. The second-order valence-corrected chi connectivity index (χ2v) is 9.09. The van der Waals surface area contributed by atoms with Crippen molar-refractivity contribution in [1.29, 1.82) is 0 Å². The van der Waals surface area contributed by atoms with Crippen LogP contribution in [0.1, 0.15) is 45.1 Å². The molecule has 1 spiro atoms. The van der Waals surface area contributed by atoms with Gasteiger partial charge in [-0.3, -0.25) is 4.79 Å². The summed E-state index contributed by atoms with van der Waals surface area (Å²) in [5, 5.41) is 3.06. The summed E-state index contributed by atoms with van der Waals surface area (Å²) in [6, 6.07) is 6.15. The van der Waals surface area contributed by atoms with Crippen LogP contribution in [-0.2, 0) is 4.79 Å². The number of thioether (sulfide) groups is 1. The Kier molecular flexibility index (Phi) is 5.11. The van der Waals surface area contributed by atoms with Crippen LogP contribution in [0.4, 0.5) is 5.69 Å². The Balaban J connectivity index is 1.55. The molecule has 1 saturated carbocycles. The fraction of sp³-hybridized carbons (Fsp3) is 0.632. The molecule has 24 heavy (non-hydrogen) atoms. The molecule has 3 rings (SSSR count). The molecule has 0 aromatic heterocycles. The first-order valence-corrected chi connectivity index (χ1v) is 9.83. The van der Waals surface area contributed by atoms with Crippen molar-refractivity contribution in [3.63, 3.8) is 0 Å². The number of rotatable bonds is 4. The summed E-state index contributed by atoms with van der Waals surface area (Å²) in [6.07, 6.45) is 4.24. The zero-order valence-corrected chi connectivity index (χ0v) is 15.6. The first kappa shape index (κ1) is 17.6. The molecule has 1 aliphatic carbocycles. The van der Waals surface area contributed by atoms with Gasteiger partial charge in [-0.25, -0.2) is 0 Å². The highest BCUT2D eigenvalue weighted by atomic mass is 32.2. The molecule has 2 aliphatic rings. The quantitative estimate of drug-likeness (QED) is 0.870. The van der Waals surface area contributed by atoms with E-state index >= 15 is 0 Å². The molecule has 1 aliphatic heterocycles. The van der Waals surface area contributed by atoms with Gasteiger partial charge in [-0.15, -0.1) is 0 Å². The van der Waals surface area contributed by atoms with E-state index in [4.69, 9.17) is 10.5 Å². The van der Waals surface area contributed by atoms with Crippen LogP contribution in [0.15, 0.2) is 18.2 Å². The summed E-state index contributed by atoms with van der Waals surface area (Å²) < 4.78 is 6.01. The molecule has 1 atom stereocenters. The van der Waals surface area contributed by atoms with E-state index in [0.717, 1.165) is 48.4 Å². The summed E-state index contributed by atoms with van der Waals surface area (Å²) in [4.78, 5) is 12.5. The largest absolute Gasteiger partial charge is 0.491 e. The SMILES string of the molecule is Cc1cc(NC(=O)C2CC3(CC(N)CCS3)C2)ccc1OC(C)C. The van der Waals surface area contributed by atoms with Crippen LogP contribution in [0.3, 0.4) is 0 Å². The van der Waals surface area contributed by atoms with Gasteiger partial charge in [-0.2, -0.15) is 11.8 Å². The van der Waals surface area contributed by atoms with E-state index in [1.807, 2.05) is 50.7 Å². The van der Waals surface area contributed by atoms with Gasteiger partial charge in [0.1, 0.15) is 5.75 Å². The molecule has 0 bridgehead atoms. The normalized spacial score (nSPS) is 29.4. The molecule has 0 radical (unpaired) electrons. The van der Waals surface area contributed by atoms with Crippen LogP contribution in [0.25, 0.3) is 0 Å². The van der Waals surface area contributed by atoms with E-state index in [0.29, 0.717) is 6.04 Å². The highest BCUT2D eigenvalue weighted by molar-refractivity contribution is 8.00. The van der Waals surface area contributed by atoms with Gasteiger partial charge in [0.2, 0.25) is 5.91 Å². The van der Waals surface area contributed by atoms with E-state index in [9.17, 15) is 4.79 Å². The summed E-state index contributed by atoms with van der Waals surface area (Å²) in [6.45, 7) is 6.03. The Morgan fingerprint density at radius 2 is 2.12 bits per heavy atom. The van der Waals surface area contributed by atoms with Crippen molar-refractivity contribution in [2.24, 2.45) is 11.7 Å². The summed E-state index contributed by atoms with van der Waals surface area (Å²) in [7, 11) is 0. The molecule has 5 heteroatoms. The molecule has 1 unspecified atom stereocenters. The molecule has 4 nitrogen and oxygen atoms in total. The first-order chi connectivity index (χ1) is 11.4. The zero-order valence-electron chi connectivity index (χ0n) is 14.8. The van der Waals surface area contributed by atoms with Crippen molar-refractivity contribution in [2.45, 2.75) is 63.3 Å². The maximum atomic E-state index is 12.5. The van der Waals surface area contributed by atoms with Crippen molar-refractivity contribution < 1.29 is 9.53 Å². The van der Waals surface area contributed by atoms with Crippen molar-refractivity contribution in [1.82, 2.24) is 0 Å². The number of nitrogens with one attached hydrogen (secondary N) is 1. The third-order valence-electron chi connectivity index (χ3n) is 4.94. The second-order valence-electron chi connectivity index (χ2n) is 7.53. The number of carbonyl (C=O) groups excluding carboxylic acids is 1. The highest BCUT2D eigenvalue weighted by Gasteiger charge is 2.49. The Morgan fingerprint density at radius 1 is 1.38 bits per heavy atom. The molecular formula is C19H28N2O2S. The van der Waals surface area contributed by atoms with Gasteiger partial charge in [-0.05, 0) is 76.0 Å². The molecule has 132 valence electrons. The lowest BCUT2D eigenvalue weighted by Gasteiger charge is -2.50. The molecule has 1 heterocycles. The third kappa shape index (κ3) is 3.89. The maximum Gasteiger partial charge on any atom is 0.227 e. The van der Waals surface area contributed by atoms with Crippen molar-refractivity contribution in [2.75, 3.05) is 11.1 Å². The average Bonchev–Trinajstić information content (AvgIpc) is 2.47. The van der Waals surface area contributed by atoms with E-state index in [1.54, 1.807) is 0 Å². The number of anilines is 1. The molecule has 2 fully saturated rings. The van der Waals surface area contributed by atoms with Crippen LogP contribution in [-0.4, -0.2) is 28.6 Å². The van der Waals surface area contributed by atoms with Crippen molar-refractivity contribution in [3.05, 3.63) is 23.8 Å². The number of hydrogen-bond donors (Lipinski definition) is 2. The number of ether oxygens (including phenoxy) is 1. The fourth-order valence-electron chi connectivity index (χ4n) is 3.73. The molecule has 1 aromatic rings. The Bertz CT molecular complexity index is 611. The van der Waals surface area contributed by atoms with Gasteiger partial charge in [0, 0.05) is 22.4 Å². The number of benzene rings is 1. The lowest BCUT2D eigenvalue weighted by Crippen LogP contribution is -2.51. The predicted octanol–water partition coefficient (Wildman–Crippen LogP) is 3.72. The Hall–Kier alpha value is -1.20. The molecule has 1 amide bonds. The lowest BCUT2D eigenvalue weighted by molar-refractivity contribution is -0.123. The summed E-state index contributed by atoms with van der Waals surface area (Å²) in [5.41, 5.74) is 8.00. The second kappa shape index (κ2) is 6.96. The van der Waals surface area contributed by atoms with E-state index in [1.165, 1.54) is 0 Å². The van der Waals surface area contributed by atoms with Gasteiger partial charge in [0.15, 0.2) is 0 Å². The number of carbonyl (C=O) groups is 1. The summed E-state index contributed by atoms with van der Waals surface area (Å²) in [5.74, 6) is 2.26. The van der Waals surface area contributed by atoms with Crippen LogP contribution in [0.5, 0.6) is 5.75 Å². The number of amides is 1. The summed E-state index contributed by atoms with van der Waals surface area (Å²) >= 11 is 2.02. The molecule has 1 saturated heterocycles. The lowest BCUT2D eigenvalue weighted by atomic mass is 9.70. The third-order valence-corrected chi connectivity index (χ3v) is 6.50. The predicted molar refractivity (Wildman–Crippen MR) is 101 cm³/mol. The smallest absolute Gasteiger partial charge is 0.227 e. The van der Waals surface area contributed by atoms with Gasteiger partial charge < -0.3 is 15.8 Å². The van der Waals surface area contributed by atoms with Gasteiger partial charge in [-0.1, -0.05) is 0 Å². The van der Waals surface area contributed by atoms with Gasteiger partial charge in [0.05, 0.1) is 6.10 Å². The van der Waals surface area contributed by atoms with Crippen LogP contribution in [0, 0.1) is 12.8 Å². The van der Waals surface area contributed by atoms with E-state index < -0.39 is 0 Å². The minimum absolute atomic E-state index is 0.120. The van der Waals surface area contributed by atoms with Gasteiger partial charge >= 0.3 is 0 Å². The van der Waals surface area contributed by atoms with Crippen LogP contribution < -0.4 is 15.8 Å². The number of hydrogen-bond acceptors (Lipinski definition) is 4. The standard InChI is InChI=1S/C19H28N2O2S/c1-12(2)23-17-5-4-16(8-13(17)3)21-18(22)14-9-19(10-14)11-15(20)6-7-24-19/h4-5,8,12,14-15H,6-7,9-11,20H2,1-3H3,(H,21,22). The average molecular weight is 349 g/mol. The molecule has 1 aromatic carbocycles. The first-order valence-electron chi connectivity index (χ1n) is 8.85. The van der Waals surface area contributed by atoms with E-state index in [-0.39, 0.29) is 22.7 Å². The Labute approximate surface area is 148 Å². The highest BCUT2D eigenvalue weighted by Crippen LogP contribution is 2.53. The fourth-order valence-corrected chi connectivity index (χ4v) is 5.56.